The van der Waals surface area contributed by atoms with E-state index in [2.05, 4.69) is 5.32 Å². The molecule has 2 aromatic carbocycles. The SMILES string of the molecule is O=C1NC(=O)C2(N1)C(=O)N(Cc1ccc(Cl)c(Cl)c1)c1cc(F)c(F)cc12. The maximum absolute atomic E-state index is 13.8. The Hall–Kier alpha value is -2.71. The Kier molecular flexibility index (Phi) is 3.87. The first-order valence-electron chi connectivity index (χ1n) is 7.63. The van der Waals surface area contributed by atoms with Crippen LogP contribution in [0.5, 0.6) is 0 Å². The lowest BCUT2D eigenvalue weighted by molar-refractivity contribution is -0.134. The lowest BCUT2D eigenvalue weighted by Gasteiger charge is -2.21. The summed E-state index contributed by atoms with van der Waals surface area (Å²) in [5.74, 6) is -4.23. The van der Waals surface area contributed by atoms with Gasteiger partial charge in [0.05, 0.1) is 22.3 Å². The molecule has 0 saturated carbocycles. The van der Waals surface area contributed by atoms with Crippen molar-refractivity contribution in [1.29, 1.82) is 0 Å². The molecular formula is C17H9Cl2F2N3O3. The van der Waals surface area contributed by atoms with Crippen molar-refractivity contribution in [2.75, 3.05) is 4.90 Å². The standard InChI is InChI=1S/C17H9Cl2F2N3O3/c18-9-2-1-7(3-10(9)19)6-24-13-5-12(21)11(20)4-8(13)17(15(24)26)14(25)22-16(27)23-17/h1-5H,6H2,(H2,22,23,25,27). The Morgan fingerprint density at radius 3 is 2.33 bits per heavy atom. The molecule has 0 bridgehead atoms. The number of hydrogen-bond donors (Lipinski definition) is 2. The molecule has 2 heterocycles. The van der Waals surface area contributed by atoms with E-state index >= 15 is 0 Å². The monoisotopic (exact) mass is 411 g/mol. The Labute approximate surface area is 161 Å². The van der Waals surface area contributed by atoms with Crippen LogP contribution in [-0.4, -0.2) is 17.8 Å². The van der Waals surface area contributed by atoms with Crippen molar-refractivity contribution < 1.29 is 23.2 Å². The zero-order chi connectivity index (χ0) is 19.5. The lowest BCUT2D eigenvalue weighted by Crippen LogP contribution is -2.52. The molecule has 4 rings (SSSR count). The van der Waals surface area contributed by atoms with Gasteiger partial charge in [-0.3, -0.25) is 14.9 Å². The minimum absolute atomic E-state index is 0.0256. The van der Waals surface area contributed by atoms with E-state index in [1.54, 1.807) is 6.07 Å². The van der Waals surface area contributed by atoms with E-state index in [4.69, 9.17) is 23.2 Å². The number of urea groups is 1. The Balaban J connectivity index is 1.86. The molecule has 2 aromatic rings. The molecule has 10 heteroatoms. The fourth-order valence-corrected chi connectivity index (χ4v) is 3.58. The van der Waals surface area contributed by atoms with Crippen LogP contribution in [-0.2, 0) is 21.7 Å². The first-order chi connectivity index (χ1) is 12.7. The third-order valence-electron chi connectivity index (χ3n) is 4.49. The van der Waals surface area contributed by atoms with E-state index in [1.165, 1.54) is 12.1 Å². The number of benzene rings is 2. The summed E-state index contributed by atoms with van der Waals surface area (Å²) < 4.78 is 27.7. The summed E-state index contributed by atoms with van der Waals surface area (Å²) in [4.78, 5) is 38.2. The second-order valence-corrected chi connectivity index (χ2v) is 6.90. The van der Waals surface area contributed by atoms with Crippen LogP contribution in [0.25, 0.3) is 0 Å². The van der Waals surface area contributed by atoms with Crippen molar-refractivity contribution in [2.24, 2.45) is 0 Å². The topological polar surface area (TPSA) is 78.5 Å². The molecule has 4 amide bonds. The van der Waals surface area contributed by atoms with Crippen LogP contribution in [0.15, 0.2) is 30.3 Å². The van der Waals surface area contributed by atoms with Gasteiger partial charge in [0.15, 0.2) is 11.6 Å². The number of amides is 4. The average Bonchev–Trinajstić information content (AvgIpc) is 3.02. The van der Waals surface area contributed by atoms with Crippen LogP contribution in [0.1, 0.15) is 11.1 Å². The quantitative estimate of drug-likeness (QED) is 0.589. The zero-order valence-corrected chi connectivity index (χ0v) is 14.8. The molecule has 1 fully saturated rings. The summed E-state index contributed by atoms with van der Waals surface area (Å²) >= 11 is 11.9. The highest BCUT2D eigenvalue weighted by atomic mass is 35.5. The maximum Gasteiger partial charge on any atom is 0.323 e. The van der Waals surface area contributed by atoms with Crippen LogP contribution >= 0.6 is 23.2 Å². The Bertz CT molecular complexity index is 1050. The summed E-state index contributed by atoms with van der Waals surface area (Å²) in [6.07, 6.45) is 0. The normalized spacial score (nSPS) is 20.9. The van der Waals surface area contributed by atoms with Gasteiger partial charge in [-0.2, -0.15) is 0 Å². The number of hydrogen-bond acceptors (Lipinski definition) is 3. The molecule has 2 aliphatic heterocycles. The van der Waals surface area contributed by atoms with Crippen LogP contribution in [0, 0.1) is 11.6 Å². The van der Waals surface area contributed by atoms with Crippen LogP contribution in [0.2, 0.25) is 10.0 Å². The van der Waals surface area contributed by atoms with Crippen LogP contribution < -0.4 is 15.5 Å². The van der Waals surface area contributed by atoms with Gasteiger partial charge < -0.3 is 10.2 Å². The number of anilines is 1. The average molecular weight is 412 g/mol. The van der Waals surface area contributed by atoms with E-state index in [1.807, 2.05) is 5.32 Å². The molecule has 6 nitrogen and oxygen atoms in total. The smallest absolute Gasteiger partial charge is 0.312 e. The number of rotatable bonds is 2. The van der Waals surface area contributed by atoms with Gasteiger partial charge in [0.25, 0.3) is 11.8 Å². The summed E-state index contributed by atoms with van der Waals surface area (Å²) in [6.45, 7) is -0.0985. The fraction of sp³-hybridized carbons (Fsp3) is 0.118. The van der Waals surface area contributed by atoms with E-state index in [0.29, 0.717) is 10.6 Å². The number of carbonyl (C=O) groups excluding carboxylic acids is 3. The van der Waals surface area contributed by atoms with Crippen molar-refractivity contribution in [3.63, 3.8) is 0 Å². The van der Waals surface area contributed by atoms with Gasteiger partial charge in [-0.1, -0.05) is 29.3 Å². The number of imide groups is 1. The molecule has 0 aromatic heterocycles. The molecule has 0 aliphatic carbocycles. The molecule has 2 aliphatic rings. The van der Waals surface area contributed by atoms with E-state index in [-0.39, 0.29) is 22.8 Å². The fourth-order valence-electron chi connectivity index (χ4n) is 3.26. The van der Waals surface area contributed by atoms with E-state index in [9.17, 15) is 23.2 Å². The summed E-state index contributed by atoms with van der Waals surface area (Å²) in [7, 11) is 0. The molecule has 1 spiro atoms. The van der Waals surface area contributed by atoms with Gasteiger partial charge in [-0.15, -0.1) is 0 Å². The number of fused-ring (bicyclic) bond motifs is 2. The predicted octanol–water partition coefficient (Wildman–Crippen LogP) is 2.85. The lowest BCUT2D eigenvalue weighted by atomic mass is 9.91. The highest BCUT2D eigenvalue weighted by Gasteiger charge is 2.61. The summed E-state index contributed by atoms with van der Waals surface area (Å²) in [5.41, 5.74) is -1.77. The highest BCUT2D eigenvalue weighted by Crippen LogP contribution is 2.44. The van der Waals surface area contributed by atoms with Gasteiger partial charge in [0.2, 0.25) is 5.54 Å². The number of nitrogens with zero attached hydrogens (tertiary/aromatic N) is 1. The van der Waals surface area contributed by atoms with Crippen molar-refractivity contribution in [3.05, 3.63) is 63.1 Å². The maximum atomic E-state index is 13.8. The first kappa shape index (κ1) is 17.7. The molecule has 1 unspecified atom stereocenters. The minimum atomic E-state index is -2.14. The molecule has 27 heavy (non-hydrogen) atoms. The van der Waals surface area contributed by atoms with Crippen molar-refractivity contribution in [1.82, 2.24) is 10.6 Å². The molecule has 1 saturated heterocycles. The number of carbonyl (C=O) groups is 3. The van der Waals surface area contributed by atoms with Crippen molar-refractivity contribution >= 4 is 46.7 Å². The largest absolute Gasteiger partial charge is 0.323 e. The first-order valence-corrected chi connectivity index (χ1v) is 8.38. The van der Waals surface area contributed by atoms with Gasteiger partial charge in [-0.25, -0.2) is 13.6 Å². The van der Waals surface area contributed by atoms with E-state index < -0.39 is 35.0 Å². The van der Waals surface area contributed by atoms with Gasteiger partial charge in [-0.05, 0) is 23.8 Å². The minimum Gasteiger partial charge on any atom is -0.312 e. The third-order valence-corrected chi connectivity index (χ3v) is 5.23. The molecule has 2 N–H and O–H groups in total. The molecule has 0 radical (unpaired) electrons. The predicted molar refractivity (Wildman–Crippen MR) is 92.4 cm³/mol. The van der Waals surface area contributed by atoms with Gasteiger partial charge in [0, 0.05) is 11.6 Å². The number of halogens is 4. The van der Waals surface area contributed by atoms with Crippen molar-refractivity contribution in [2.45, 2.75) is 12.1 Å². The second-order valence-electron chi connectivity index (χ2n) is 6.08. The Morgan fingerprint density at radius 1 is 1.00 bits per heavy atom. The van der Waals surface area contributed by atoms with Crippen LogP contribution in [0.4, 0.5) is 19.3 Å². The van der Waals surface area contributed by atoms with Crippen molar-refractivity contribution in [3.8, 4) is 0 Å². The summed E-state index contributed by atoms with van der Waals surface area (Å²) in [6, 6.07) is 5.27. The highest BCUT2D eigenvalue weighted by molar-refractivity contribution is 6.42. The molecular weight excluding hydrogens is 403 g/mol. The van der Waals surface area contributed by atoms with Gasteiger partial charge >= 0.3 is 6.03 Å². The zero-order valence-electron chi connectivity index (χ0n) is 13.3. The second kappa shape index (κ2) is 5.90. The summed E-state index contributed by atoms with van der Waals surface area (Å²) in [5, 5.41) is 4.76. The Morgan fingerprint density at radius 2 is 1.70 bits per heavy atom. The van der Waals surface area contributed by atoms with E-state index in [0.717, 1.165) is 17.0 Å². The van der Waals surface area contributed by atoms with Crippen LogP contribution in [0.3, 0.4) is 0 Å². The third kappa shape index (κ3) is 2.48. The molecule has 138 valence electrons. The molecule has 1 atom stereocenters. The van der Waals surface area contributed by atoms with Gasteiger partial charge in [0.1, 0.15) is 0 Å². The number of nitrogens with one attached hydrogen (secondary N) is 2.